The van der Waals surface area contributed by atoms with E-state index in [1.165, 1.54) is 28.0 Å². The highest BCUT2D eigenvalue weighted by Crippen LogP contribution is 2.41. The molecule has 0 radical (unpaired) electrons. The maximum atomic E-state index is 14.2. The summed E-state index contributed by atoms with van der Waals surface area (Å²) in [4.78, 5) is 20.1. The predicted octanol–water partition coefficient (Wildman–Crippen LogP) is 5.78. The molecule has 1 aliphatic carbocycles. The maximum Gasteiger partial charge on any atom is 0.271 e. The number of hydrogen-bond acceptors (Lipinski definition) is 4. The molecule has 0 saturated carbocycles. The van der Waals surface area contributed by atoms with Crippen molar-refractivity contribution in [1.82, 2.24) is 9.13 Å². The fourth-order valence-corrected chi connectivity index (χ4v) is 7.23. The average Bonchev–Trinajstić information content (AvgIpc) is 3.45. The SMILES string of the molecule is C=CCn1c(C)c(/C=c2\sc3n(c2=O)[C@@H](c2ccc(OC)cc2)C2=C(N=3)c3ccccc3CC2)c2ccccc21. The van der Waals surface area contributed by atoms with Crippen LogP contribution >= 0.6 is 11.3 Å². The molecule has 0 amide bonds. The second-order valence-electron chi connectivity index (χ2n) is 10.3. The Labute approximate surface area is 236 Å². The van der Waals surface area contributed by atoms with E-state index >= 15 is 0 Å². The molecule has 1 aliphatic heterocycles. The second-order valence-corrected chi connectivity index (χ2v) is 11.3. The number of aromatic nitrogens is 2. The van der Waals surface area contributed by atoms with E-state index in [9.17, 15) is 4.79 Å². The van der Waals surface area contributed by atoms with Crippen LogP contribution < -0.4 is 19.6 Å². The van der Waals surface area contributed by atoms with Crippen LogP contribution in [-0.4, -0.2) is 16.2 Å². The number of thiazole rings is 1. The molecule has 0 spiro atoms. The van der Waals surface area contributed by atoms with Gasteiger partial charge in [-0.25, -0.2) is 4.99 Å². The Hall–Kier alpha value is -4.42. The second kappa shape index (κ2) is 9.65. The summed E-state index contributed by atoms with van der Waals surface area (Å²) in [6.45, 7) is 6.77. The first kappa shape index (κ1) is 24.6. The highest BCUT2D eigenvalue weighted by molar-refractivity contribution is 7.07. The first-order valence-electron chi connectivity index (χ1n) is 13.5. The van der Waals surface area contributed by atoms with Gasteiger partial charge in [0.25, 0.3) is 5.56 Å². The fourth-order valence-electron chi connectivity index (χ4n) is 6.24. The molecule has 2 aliphatic rings. The zero-order chi connectivity index (χ0) is 27.4. The fraction of sp³-hybridized carbons (Fsp3) is 0.176. The third-order valence-corrected chi connectivity index (χ3v) is 9.15. The number of nitrogens with zero attached hydrogens (tertiary/aromatic N) is 3. The zero-order valence-electron chi connectivity index (χ0n) is 22.6. The molecule has 5 nitrogen and oxygen atoms in total. The van der Waals surface area contributed by atoms with Crippen molar-refractivity contribution in [3.05, 3.63) is 139 Å². The van der Waals surface area contributed by atoms with Gasteiger partial charge < -0.3 is 9.30 Å². The summed E-state index contributed by atoms with van der Waals surface area (Å²) in [6.07, 6.45) is 5.77. The van der Waals surface area contributed by atoms with E-state index in [0.717, 1.165) is 56.8 Å². The summed E-state index contributed by atoms with van der Waals surface area (Å²) in [7, 11) is 1.67. The van der Waals surface area contributed by atoms with Crippen LogP contribution in [0.15, 0.2) is 101 Å². The van der Waals surface area contributed by atoms with E-state index in [1.807, 2.05) is 28.8 Å². The molecule has 3 aromatic carbocycles. The molecule has 3 heterocycles. The summed E-state index contributed by atoms with van der Waals surface area (Å²) in [5.41, 5.74) is 9.07. The number of methoxy groups -OCH3 is 1. The molecule has 7 rings (SSSR count). The lowest BCUT2D eigenvalue weighted by molar-refractivity contribution is 0.414. The van der Waals surface area contributed by atoms with Gasteiger partial charge in [-0.05, 0) is 60.7 Å². The summed E-state index contributed by atoms with van der Waals surface area (Å²) in [5.74, 6) is 0.797. The number of aryl methyl sites for hydroxylation is 1. The Bertz CT molecular complexity index is 2020. The van der Waals surface area contributed by atoms with Crippen molar-refractivity contribution >= 4 is 34.0 Å². The largest absolute Gasteiger partial charge is 0.497 e. The number of hydrogen-bond donors (Lipinski definition) is 0. The minimum absolute atomic E-state index is 0.00470. The summed E-state index contributed by atoms with van der Waals surface area (Å²) in [6, 6.07) is 24.7. The Morgan fingerprint density at radius 2 is 1.82 bits per heavy atom. The quantitative estimate of drug-likeness (QED) is 0.264. The minimum atomic E-state index is -0.212. The molecule has 198 valence electrons. The number of fused-ring (bicyclic) bond motifs is 4. The van der Waals surface area contributed by atoms with Crippen LogP contribution in [0.2, 0.25) is 0 Å². The molecule has 0 saturated heterocycles. The molecule has 0 fully saturated rings. The Morgan fingerprint density at radius 1 is 1.05 bits per heavy atom. The van der Waals surface area contributed by atoms with Gasteiger partial charge in [-0.1, -0.05) is 72.0 Å². The minimum Gasteiger partial charge on any atom is -0.497 e. The Kier molecular flexibility index (Phi) is 5.93. The van der Waals surface area contributed by atoms with Gasteiger partial charge in [0, 0.05) is 34.3 Å². The highest BCUT2D eigenvalue weighted by atomic mass is 32.1. The van der Waals surface area contributed by atoms with Gasteiger partial charge >= 0.3 is 0 Å². The van der Waals surface area contributed by atoms with Gasteiger partial charge in [0.1, 0.15) is 5.75 Å². The molecule has 5 aromatic rings. The number of rotatable bonds is 5. The standard InChI is InChI=1S/C34H29N3O2S/c1-4-19-36-21(2)28(26-11-7-8-12-29(26)36)20-30-33(38)37-32(23-13-16-24(39-3)17-14-23)27-18-15-22-9-5-6-10-25(22)31(27)35-34(37)40-30/h4-14,16-17,20,32H,1,15,18-19H2,2-3H3/b30-20-/t32-/m0/s1. The van der Waals surface area contributed by atoms with Crippen LogP contribution in [0.4, 0.5) is 0 Å². The number of ether oxygens (including phenoxy) is 1. The smallest absolute Gasteiger partial charge is 0.271 e. The lowest BCUT2D eigenvalue weighted by atomic mass is 9.83. The van der Waals surface area contributed by atoms with Gasteiger partial charge in [-0.3, -0.25) is 9.36 Å². The molecule has 0 bridgehead atoms. The third kappa shape index (κ3) is 3.74. The molecule has 0 unspecified atom stereocenters. The number of para-hydroxylation sites is 1. The Morgan fingerprint density at radius 3 is 2.62 bits per heavy atom. The molecule has 0 N–H and O–H groups in total. The molecule has 2 aromatic heterocycles. The summed E-state index contributed by atoms with van der Waals surface area (Å²) >= 11 is 1.47. The number of allylic oxidation sites excluding steroid dienone is 2. The topological polar surface area (TPSA) is 48.5 Å². The molecule has 6 heteroatoms. The predicted molar refractivity (Wildman–Crippen MR) is 163 cm³/mol. The molecular formula is C34H29N3O2S. The van der Waals surface area contributed by atoms with E-state index in [4.69, 9.17) is 9.73 Å². The van der Waals surface area contributed by atoms with Crippen molar-refractivity contribution < 1.29 is 4.74 Å². The van der Waals surface area contributed by atoms with E-state index in [2.05, 4.69) is 78.7 Å². The van der Waals surface area contributed by atoms with Gasteiger partial charge in [0.2, 0.25) is 0 Å². The maximum absolute atomic E-state index is 14.2. The van der Waals surface area contributed by atoms with Gasteiger partial charge in [-0.15, -0.1) is 6.58 Å². The van der Waals surface area contributed by atoms with Crippen molar-refractivity contribution in [3.63, 3.8) is 0 Å². The average molecular weight is 544 g/mol. The molecule has 1 atom stereocenters. The van der Waals surface area contributed by atoms with Crippen molar-refractivity contribution in [2.75, 3.05) is 7.11 Å². The summed E-state index contributed by atoms with van der Waals surface area (Å²) in [5, 5.41) is 1.13. The van der Waals surface area contributed by atoms with E-state index in [0.29, 0.717) is 11.1 Å². The van der Waals surface area contributed by atoms with Crippen molar-refractivity contribution in [2.24, 2.45) is 4.99 Å². The van der Waals surface area contributed by atoms with E-state index < -0.39 is 0 Å². The van der Waals surface area contributed by atoms with Crippen LogP contribution in [-0.2, 0) is 13.0 Å². The third-order valence-electron chi connectivity index (χ3n) is 8.17. The van der Waals surface area contributed by atoms with Crippen LogP contribution in [0.5, 0.6) is 5.75 Å². The van der Waals surface area contributed by atoms with E-state index in [-0.39, 0.29) is 11.6 Å². The van der Waals surface area contributed by atoms with Gasteiger partial charge in [0.15, 0.2) is 4.80 Å². The van der Waals surface area contributed by atoms with Gasteiger partial charge in [-0.2, -0.15) is 0 Å². The van der Waals surface area contributed by atoms with Crippen LogP contribution in [0, 0.1) is 6.92 Å². The van der Waals surface area contributed by atoms with Crippen molar-refractivity contribution in [3.8, 4) is 5.75 Å². The monoisotopic (exact) mass is 543 g/mol. The highest BCUT2D eigenvalue weighted by Gasteiger charge is 2.32. The molecule has 40 heavy (non-hydrogen) atoms. The first-order valence-corrected chi connectivity index (χ1v) is 14.4. The Balaban J connectivity index is 1.49. The normalized spacial score (nSPS) is 16.4. The lowest BCUT2D eigenvalue weighted by Crippen LogP contribution is -2.38. The van der Waals surface area contributed by atoms with Crippen LogP contribution in [0.25, 0.3) is 22.7 Å². The lowest BCUT2D eigenvalue weighted by Gasteiger charge is -2.30. The van der Waals surface area contributed by atoms with Crippen LogP contribution in [0.3, 0.4) is 0 Å². The van der Waals surface area contributed by atoms with Crippen molar-refractivity contribution in [2.45, 2.75) is 32.4 Å². The summed E-state index contributed by atoms with van der Waals surface area (Å²) < 4.78 is 10.3. The molecular weight excluding hydrogens is 514 g/mol. The van der Waals surface area contributed by atoms with Crippen LogP contribution in [0.1, 0.15) is 40.4 Å². The van der Waals surface area contributed by atoms with Gasteiger partial charge in [0.05, 0.1) is 23.4 Å². The zero-order valence-corrected chi connectivity index (χ0v) is 23.4. The van der Waals surface area contributed by atoms with E-state index in [1.54, 1.807) is 7.11 Å². The first-order chi connectivity index (χ1) is 19.6. The number of benzene rings is 3. The van der Waals surface area contributed by atoms with Crippen molar-refractivity contribution in [1.29, 1.82) is 0 Å².